The Morgan fingerprint density at radius 1 is 1.25 bits per heavy atom. The molecule has 0 spiro atoms. The lowest BCUT2D eigenvalue weighted by molar-refractivity contribution is 0.283. The molecule has 0 aliphatic heterocycles. The summed E-state index contributed by atoms with van der Waals surface area (Å²) in [6.07, 6.45) is 4.17. The van der Waals surface area contributed by atoms with Gasteiger partial charge in [-0.1, -0.05) is 12.8 Å². The van der Waals surface area contributed by atoms with Gasteiger partial charge in [-0.05, 0) is 31.9 Å². The second-order valence-electron chi connectivity index (χ2n) is 3.96. The van der Waals surface area contributed by atoms with Gasteiger partial charge in [0.05, 0.1) is 5.69 Å². The molecule has 0 fully saturated rings. The second kappa shape index (κ2) is 7.06. The van der Waals surface area contributed by atoms with Gasteiger partial charge in [-0.15, -0.1) is 0 Å². The van der Waals surface area contributed by atoms with Crippen molar-refractivity contribution in [3.63, 3.8) is 0 Å². The number of nitrogen functional groups attached to an aromatic ring is 1. The zero-order chi connectivity index (χ0) is 11.8. The highest BCUT2D eigenvalue weighted by atomic mass is 16.2. The van der Waals surface area contributed by atoms with Crippen LogP contribution in [0.1, 0.15) is 31.4 Å². The van der Waals surface area contributed by atoms with Crippen molar-refractivity contribution < 1.29 is 5.11 Å². The van der Waals surface area contributed by atoms with E-state index in [2.05, 4.69) is 10.3 Å². The zero-order valence-corrected chi connectivity index (χ0v) is 9.87. The Balaban J connectivity index is 2.23. The number of pyridine rings is 1. The monoisotopic (exact) mass is 223 g/mol. The normalized spacial score (nSPS) is 10.4. The molecule has 0 aliphatic carbocycles. The Hall–Kier alpha value is -1.29. The van der Waals surface area contributed by atoms with Crippen molar-refractivity contribution in [2.24, 2.45) is 0 Å². The van der Waals surface area contributed by atoms with Crippen molar-refractivity contribution in [1.29, 1.82) is 0 Å². The lowest BCUT2D eigenvalue weighted by Crippen LogP contribution is -2.06. The molecule has 1 rings (SSSR count). The summed E-state index contributed by atoms with van der Waals surface area (Å²) in [5.41, 5.74) is 7.46. The maximum atomic E-state index is 8.63. The smallest absolute Gasteiger partial charge is 0.149 e. The summed E-state index contributed by atoms with van der Waals surface area (Å²) in [6, 6.07) is 3.78. The van der Waals surface area contributed by atoms with Gasteiger partial charge >= 0.3 is 0 Å². The summed E-state index contributed by atoms with van der Waals surface area (Å²) in [7, 11) is 0. The zero-order valence-electron chi connectivity index (χ0n) is 9.87. The van der Waals surface area contributed by atoms with E-state index in [-0.39, 0.29) is 0 Å². The van der Waals surface area contributed by atoms with Crippen molar-refractivity contribution in [2.45, 2.75) is 32.6 Å². The molecule has 4 heteroatoms. The van der Waals surface area contributed by atoms with E-state index in [0.29, 0.717) is 12.3 Å². The molecule has 0 unspecified atom stereocenters. The van der Waals surface area contributed by atoms with Crippen LogP contribution in [0.15, 0.2) is 12.1 Å². The minimum Gasteiger partial charge on any atom is -0.396 e. The first kappa shape index (κ1) is 12.8. The average Bonchev–Trinajstić information content (AvgIpc) is 2.28. The number of nitrogens with two attached hydrogens (primary N) is 1. The van der Waals surface area contributed by atoms with Crippen molar-refractivity contribution >= 4 is 11.5 Å². The van der Waals surface area contributed by atoms with E-state index in [0.717, 1.165) is 43.7 Å². The van der Waals surface area contributed by atoms with Gasteiger partial charge in [0.15, 0.2) is 0 Å². The summed E-state index contributed by atoms with van der Waals surface area (Å²) in [4.78, 5) is 4.33. The number of aromatic nitrogens is 1. The van der Waals surface area contributed by atoms with Crippen LogP contribution in [0.3, 0.4) is 0 Å². The number of hydrogen-bond acceptors (Lipinski definition) is 4. The van der Waals surface area contributed by atoms with Crippen molar-refractivity contribution in [3.05, 3.63) is 17.8 Å². The Kier molecular flexibility index (Phi) is 5.64. The number of rotatable bonds is 7. The Bertz CT molecular complexity index is 315. The molecule has 0 saturated carbocycles. The van der Waals surface area contributed by atoms with Gasteiger partial charge in [-0.25, -0.2) is 4.98 Å². The van der Waals surface area contributed by atoms with Crippen LogP contribution in [0.4, 0.5) is 11.5 Å². The molecule has 4 N–H and O–H groups in total. The van der Waals surface area contributed by atoms with Gasteiger partial charge in [0.1, 0.15) is 5.82 Å². The van der Waals surface area contributed by atoms with E-state index < -0.39 is 0 Å². The van der Waals surface area contributed by atoms with E-state index in [9.17, 15) is 0 Å². The third-order valence-corrected chi connectivity index (χ3v) is 2.44. The standard InChI is InChI=1S/C12H21N3O/c1-10-6-7-11(13)12(15-10)14-8-4-2-3-5-9-16/h6-7,16H,2-5,8-9,13H2,1H3,(H,14,15). The molecule has 0 radical (unpaired) electrons. The largest absolute Gasteiger partial charge is 0.396 e. The van der Waals surface area contributed by atoms with Crippen LogP contribution >= 0.6 is 0 Å². The van der Waals surface area contributed by atoms with Crippen LogP contribution in [0.5, 0.6) is 0 Å². The van der Waals surface area contributed by atoms with Crippen LogP contribution in [0, 0.1) is 6.92 Å². The summed E-state index contributed by atoms with van der Waals surface area (Å²) < 4.78 is 0. The van der Waals surface area contributed by atoms with E-state index in [1.807, 2.05) is 19.1 Å². The number of hydrogen-bond donors (Lipinski definition) is 3. The summed E-state index contributed by atoms with van der Waals surface area (Å²) in [5, 5.41) is 11.9. The molecule has 0 amide bonds. The first-order valence-electron chi connectivity index (χ1n) is 5.82. The highest BCUT2D eigenvalue weighted by molar-refractivity contribution is 5.61. The topological polar surface area (TPSA) is 71.2 Å². The first-order chi connectivity index (χ1) is 7.74. The molecule has 0 aromatic carbocycles. The quantitative estimate of drug-likeness (QED) is 0.618. The Labute approximate surface area is 96.9 Å². The Morgan fingerprint density at radius 2 is 2.00 bits per heavy atom. The molecular formula is C12H21N3O. The van der Waals surface area contributed by atoms with Gasteiger partial charge < -0.3 is 16.2 Å². The van der Waals surface area contributed by atoms with Crippen molar-refractivity contribution in [3.8, 4) is 0 Å². The van der Waals surface area contributed by atoms with Gasteiger partial charge in [0.2, 0.25) is 0 Å². The van der Waals surface area contributed by atoms with E-state index in [1.165, 1.54) is 0 Å². The summed E-state index contributed by atoms with van der Waals surface area (Å²) >= 11 is 0. The number of nitrogens with one attached hydrogen (secondary N) is 1. The fourth-order valence-electron chi connectivity index (χ4n) is 1.51. The fraction of sp³-hybridized carbons (Fsp3) is 0.583. The average molecular weight is 223 g/mol. The molecule has 0 aliphatic rings. The number of aliphatic hydroxyl groups is 1. The molecule has 0 atom stereocenters. The van der Waals surface area contributed by atoms with Crippen LogP contribution in [0.25, 0.3) is 0 Å². The second-order valence-corrected chi connectivity index (χ2v) is 3.96. The van der Waals surface area contributed by atoms with Gasteiger partial charge in [0, 0.05) is 18.8 Å². The number of aryl methyl sites for hydroxylation is 1. The fourth-order valence-corrected chi connectivity index (χ4v) is 1.51. The summed E-state index contributed by atoms with van der Waals surface area (Å²) in [6.45, 7) is 3.12. The highest BCUT2D eigenvalue weighted by Gasteiger charge is 1.99. The molecule has 0 saturated heterocycles. The third-order valence-electron chi connectivity index (χ3n) is 2.44. The number of nitrogens with zero attached hydrogens (tertiary/aromatic N) is 1. The number of anilines is 2. The Morgan fingerprint density at radius 3 is 2.75 bits per heavy atom. The third kappa shape index (κ3) is 4.49. The lowest BCUT2D eigenvalue weighted by Gasteiger charge is -2.08. The molecule has 4 nitrogen and oxygen atoms in total. The van der Waals surface area contributed by atoms with E-state index in [1.54, 1.807) is 0 Å². The SMILES string of the molecule is Cc1ccc(N)c(NCCCCCCO)n1. The number of unbranched alkanes of at least 4 members (excludes halogenated alkanes) is 3. The molecule has 16 heavy (non-hydrogen) atoms. The predicted octanol–water partition coefficient (Wildman–Crippen LogP) is 1.94. The maximum Gasteiger partial charge on any atom is 0.149 e. The van der Waals surface area contributed by atoms with Crippen LogP contribution in [-0.2, 0) is 0 Å². The van der Waals surface area contributed by atoms with Gasteiger partial charge in [0.25, 0.3) is 0 Å². The van der Waals surface area contributed by atoms with Gasteiger partial charge in [-0.3, -0.25) is 0 Å². The molecule has 1 aromatic heterocycles. The van der Waals surface area contributed by atoms with Crippen molar-refractivity contribution in [1.82, 2.24) is 4.98 Å². The molecule has 1 heterocycles. The van der Waals surface area contributed by atoms with E-state index in [4.69, 9.17) is 10.8 Å². The minimum absolute atomic E-state index is 0.291. The van der Waals surface area contributed by atoms with Crippen LogP contribution in [0.2, 0.25) is 0 Å². The van der Waals surface area contributed by atoms with Crippen molar-refractivity contribution in [2.75, 3.05) is 24.2 Å². The van der Waals surface area contributed by atoms with Crippen LogP contribution < -0.4 is 11.1 Å². The van der Waals surface area contributed by atoms with Gasteiger partial charge in [-0.2, -0.15) is 0 Å². The maximum absolute atomic E-state index is 8.63. The van der Waals surface area contributed by atoms with E-state index >= 15 is 0 Å². The minimum atomic E-state index is 0.291. The molecule has 0 bridgehead atoms. The first-order valence-corrected chi connectivity index (χ1v) is 5.82. The highest BCUT2D eigenvalue weighted by Crippen LogP contribution is 2.15. The molecule has 90 valence electrons. The molecule has 1 aromatic rings. The van der Waals surface area contributed by atoms with Crippen LogP contribution in [-0.4, -0.2) is 23.2 Å². The molecular weight excluding hydrogens is 202 g/mol. The predicted molar refractivity (Wildman–Crippen MR) is 67.4 cm³/mol. The summed E-state index contributed by atoms with van der Waals surface area (Å²) in [5.74, 6) is 0.780. The number of aliphatic hydroxyl groups excluding tert-OH is 1. The lowest BCUT2D eigenvalue weighted by atomic mass is 10.2.